The molecule has 21 heavy (non-hydrogen) atoms. The molecule has 5 nitrogen and oxygen atoms in total. The normalized spacial score (nSPS) is 10.4. The van der Waals surface area contributed by atoms with Gasteiger partial charge in [0.25, 0.3) is 5.91 Å². The molecule has 0 saturated carbocycles. The summed E-state index contributed by atoms with van der Waals surface area (Å²) >= 11 is 0. The maximum Gasteiger partial charge on any atom is 0.251 e. The van der Waals surface area contributed by atoms with Crippen molar-refractivity contribution in [3.05, 3.63) is 53.7 Å². The number of nitrogens with zero attached hydrogens (tertiary/aromatic N) is 1. The number of nitrogens with two attached hydrogens (primary N) is 1. The van der Waals surface area contributed by atoms with Crippen LogP contribution in [-0.2, 0) is 11.3 Å². The zero-order valence-corrected chi connectivity index (χ0v) is 12.0. The van der Waals surface area contributed by atoms with Crippen LogP contribution >= 0.6 is 0 Å². The number of aromatic nitrogens is 1. The molecule has 0 atom stereocenters. The second-order valence-electron chi connectivity index (χ2n) is 4.58. The largest absolute Gasteiger partial charge is 0.383 e. The van der Waals surface area contributed by atoms with E-state index in [9.17, 15) is 4.79 Å². The highest BCUT2D eigenvalue weighted by Gasteiger charge is 2.07. The summed E-state index contributed by atoms with van der Waals surface area (Å²) in [5.74, 6) is -0.121. The Bertz CT molecular complexity index is 614. The van der Waals surface area contributed by atoms with E-state index in [4.69, 9.17) is 10.5 Å². The zero-order valence-electron chi connectivity index (χ0n) is 12.0. The van der Waals surface area contributed by atoms with Crippen molar-refractivity contribution in [3.63, 3.8) is 0 Å². The Morgan fingerprint density at radius 2 is 2.19 bits per heavy atom. The average molecular weight is 285 g/mol. The van der Waals surface area contributed by atoms with E-state index in [2.05, 4.69) is 10.3 Å². The first-order valence-electron chi connectivity index (χ1n) is 6.77. The number of ether oxygens (including phenoxy) is 1. The van der Waals surface area contributed by atoms with Gasteiger partial charge in [-0.1, -0.05) is 12.1 Å². The zero-order chi connectivity index (χ0) is 15.1. The lowest BCUT2D eigenvalue weighted by molar-refractivity contribution is 0.0937. The van der Waals surface area contributed by atoms with Crippen molar-refractivity contribution in [2.24, 2.45) is 5.73 Å². The van der Waals surface area contributed by atoms with Crippen LogP contribution in [0.4, 0.5) is 0 Å². The second-order valence-corrected chi connectivity index (χ2v) is 4.58. The highest BCUT2D eigenvalue weighted by atomic mass is 16.5. The summed E-state index contributed by atoms with van der Waals surface area (Å²) in [6, 6.07) is 11.2. The standard InChI is InChI=1S/C16H19N3O2/c1-21-8-7-19-16(20)14-4-2-3-13(10-14)15-9-12(11-17)5-6-18-15/h2-6,9-10H,7-8,11,17H2,1H3,(H,19,20). The van der Waals surface area contributed by atoms with Gasteiger partial charge in [0.2, 0.25) is 0 Å². The van der Waals surface area contributed by atoms with Crippen LogP contribution in [0.1, 0.15) is 15.9 Å². The van der Waals surface area contributed by atoms with E-state index in [1.165, 1.54) is 0 Å². The molecular weight excluding hydrogens is 266 g/mol. The number of methoxy groups -OCH3 is 1. The van der Waals surface area contributed by atoms with Gasteiger partial charge >= 0.3 is 0 Å². The molecule has 0 aliphatic carbocycles. The molecule has 0 aliphatic heterocycles. The summed E-state index contributed by atoms with van der Waals surface area (Å²) in [6.45, 7) is 1.44. The highest BCUT2D eigenvalue weighted by Crippen LogP contribution is 2.19. The van der Waals surface area contributed by atoms with Crippen LogP contribution < -0.4 is 11.1 Å². The Balaban J connectivity index is 2.18. The number of hydrogen-bond acceptors (Lipinski definition) is 4. The van der Waals surface area contributed by atoms with Crippen LogP contribution in [-0.4, -0.2) is 31.2 Å². The Morgan fingerprint density at radius 1 is 1.33 bits per heavy atom. The molecular formula is C16H19N3O2. The molecule has 0 aliphatic rings. The van der Waals surface area contributed by atoms with Gasteiger partial charge in [-0.25, -0.2) is 0 Å². The molecule has 2 rings (SSSR count). The van der Waals surface area contributed by atoms with E-state index < -0.39 is 0 Å². The van der Waals surface area contributed by atoms with Gasteiger partial charge in [-0.2, -0.15) is 0 Å². The van der Waals surface area contributed by atoms with Gasteiger partial charge in [0, 0.05) is 37.5 Å². The molecule has 110 valence electrons. The second kappa shape index (κ2) is 7.52. The third kappa shape index (κ3) is 4.11. The molecule has 0 radical (unpaired) electrons. The molecule has 0 spiro atoms. The van der Waals surface area contributed by atoms with E-state index in [0.717, 1.165) is 16.8 Å². The Morgan fingerprint density at radius 3 is 2.95 bits per heavy atom. The SMILES string of the molecule is COCCNC(=O)c1cccc(-c2cc(CN)ccn2)c1. The van der Waals surface area contributed by atoms with Gasteiger partial charge in [-0.15, -0.1) is 0 Å². The fraction of sp³-hybridized carbons (Fsp3) is 0.250. The van der Waals surface area contributed by atoms with E-state index in [1.807, 2.05) is 30.3 Å². The van der Waals surface area contributed by atoms with Crippen molar-refractivity contribution in [3.8, 4) is 11.3 Å². The number of pyridine rings is 1. The van der Waals surface area contributed by atoms with Crippen molar-refractivity contribution in [1.29, 1.82) is 0 Å². The van der Waals surface area contributed by atoms with Crippen LogP contribution in [0.2, 0.25) is 0 Å². The Hall–Kier alpha value is -2.24. The van der Waals surface area contributed by atoms with E-state index in [0.29, 0.717) is 25.3 Å². The quantitative estimate of drug-likeness (QED) is 0.790. The van der Waals surface area contributed by atoms with Crippen molar-refractivity contribution < 1.29 is 9.53 Å². The average Bonchev–Trinajstić information content (AvgIpc) is 2.55. The lowest BCUT2D eigenvalue weighted by Crippen LogP contribution is -2.26. The highest BCUT2D eigenvalue weighted by molar-refractivity contribution is 5.95. The Kier molecular flexibility index (Phi) is 5.43. The van der Waals surface area contributed by atoms with Gasteiger partial charge in [0.1, 0.15) is 0 Å². The molecule has 0 saturated heterocycles. The van der Waals surface area contributed by atoms with Crippen LogP contribution in [0.25, 0.3) is 11.3 Å². The number of carbonyl (C=O) groups excluding carboxylic acids is 1. The van der Waals surface area contributed by atoms with E-state index in [1.54, 1.807) is 19.4 Å². The summed E-state index contributed by atoms with van der Waals surface area (Å²) in [7, 11) is 1.60. The van der Waals surface area contributed by atoms with Gasteiger partial charge in [-0.3, -0.25) is 9.78 Å². The van der Waals surface area contributed by atoms with Crippen molar-refractivity contribution in [1.82, 2.24) is 10.3 Å². The minimum absolute atomic E-state index is 0.121. The minimum Gasteiger partial charge on any atom is -0.383 e. The van der Waals surface area contributed by atoms with Crippen LogP contribution in [0.3, 0.4) is 0 Å². The molecule has 0 fully saturated rings. The molecule has 1 amide bonds. The molecule has 3 N–H and O–H groups in total. The topological polar surface area (TPSA) is 77.2 Å². The van der Waals surface area contributed by atoms with Crippen molar-refractivity contribution >= 4 is 5.91 Å². The van der Waals surface area contributed by atoms with Gasteiger partial charge in [0.05, 0.1) is 12.3 Å². The number of benzene rings is 1. The predicted octanol–water partition coefficient (Wildman–Crippen LogP) is 1.58. The summed E-state index contributed by atoms with van der Waals surface area (Å²) in [5, 5.41) is 2.80. The van der Waals surface area contributed by atoms with Crippen LogP contribution in [0.15, 0.2) is 42.6 Å². The van der Waals surface area contributed by atoms with E-state index in [-0.39, 0.29) is 5.91 Å². The predicted molar refractivity (Wildman–Crippen MR) is 81.8 cm³/mol. The number of rotatable bonds is 6. The van der Waals surface area contributed by atoms with Crippen molar-refractivity contribution in [2.75, 3.05) is 20.3 Å². The maximum absolute atomic E-state index is 12.0. The van der Waals surface area contributed by atoms with Gasteiger partial charge in [-0.05, 0) is 29.8 Å². The lowest BCUT2D eigenvalue weighted by atomic mass is 10.1. The number of amides is 1. The first-order valence-corrected chi connectivity index (χ1v) is 6.77. The van der Waals surface area contributed by atoms with E-state index >= 15 is 0 Å². The maximum atomic E-state index is 12.0. The van der Waals surface area contributed by atoms with Crippen LogP contribution in [0, 0.1) is 0 Å². The summed E-state index contributed by atoms with van der Waals surface area (Å²) in [5.41, 5.74) is 8.95. The minimum atomic E-state index is -0.121. The van der Waals surface area contributed by atoms with Gasteiger partial charge in [0.15, 0.2) is 0 Å². The number of hydrogen-bond donors (Lipinski definition) is 2. The molecule has 0 unspecified atom stereocenters. The summed E-state index contributed by atoms with van der Waals surface area (Å²) in [6.07, 6.45) is 1.73. The molecule has 0 bridgehead atoms. The lowest BCUT2D eigenvalue weighted by Gasteiger charge is -2.07. The smallest absolute Gasteiger partial charge is 0.251 e. The van der Waals surface area contributed by atoms with Gasteiger partial charge < -0.3 is 15.8 Å². The molecule has 1 heterocycles. The fourth-order valence-corrected chi connectivity index (χ4v) is 1.95. The summed E-state index contributed by atoms with van der Waals surface area (Å²) < 4.78 is 4.91. The monoisotopic (exact) mass is 285 g/mol. The van der Waals surface area contributed by atoms with Crippen LogP contribution in [0.5, 0.6) is 0 Å². The number of nitrogens with one attached hydrogen (secondary N) is 1. The molecule has 1 aromatic heterocycles. The number of carbonyl (C=O) groups is 1. The third-order valence-electron chi connectivity index (χ3n) is 3.07. The molecule has 5 heteroatoms. The first kappa shape index (κ1) is 15.2. The first-order chi connectivity index (χ1) is 10.2. The molecule has 2 aromatic rings. The third-order valence-corrected chi connectivity index (χ3v) is 3.07. The molecule has 1 aromatic carbocycles. The van der Waals surface area contributed by atoms with Crippen molar-refractivity contribution in [2.45, 2.75) is 6.54 Å². The fourth-order valence-electron chi connectivity index (χ4n) is 1.95. The Labute approximate surface area is 124 Å². The summed E-state index contributed by atoms with van der Waals surface area (Å²) in [4.78, 5) is 16.3.